The number of rotatable bonds is 6. The fraction of sp³-hybridized carbons (Fsp3) is 0.571. The van der Waals surface area contributed by atoms with E-state index in [0.29, 0.717) is 5.92 Å². The molecule has 3 heteroatoms. The third-order valence-corrected chi connectivity index (χ3v) is 3.29. The van der Waals surface area contributed by atoms with E-state index in [1.165, 1.54) is 0 Å². The molecule has 17 heavy (non-hydrogen) atoms. The summed E-state index contributed by atoms with van der Waals surface area (Å²) in [5, 5.41) is 0. The van der Waals surface area contributed by atoms with Crippen LogP contribution in [0.15, 0.2) is 22.7 Å². The van der Waals surface area contributed by atoms with Crippen LogP contribution in [0.2, 0.25) is 0 Å². The van der Waals surface area contributed by atoms with Crippen molar-refractivity contribution in [2.24, 2.45) is 11.7 Å². The van der Waals surface area contributed by atoms with E-state index in [1.54, 1.807) is 0 Å². The van der Waals surface area contributed by atoms with Crippen molar-refractivity contribution in [1.29, 1.82) is 0 Å². The standard InChI is InChI=1S/C14H22BrNO/c1-4-7-17-11-5-6-13(15)12(9-11)14(16)8-10(2)3/h5-6,9-10,14H,4,7-8,16H2,1-3H3. The molecule has 0 amide bonds. The smallest absolute Gasteiger partial charge is 0.119 e. The molecule has 0 bridgehead atoms. The van der Waals surface area contributed by atoms with Crippen molar-refractivity contribution in [3.63, 3.8) is 0 Å². The predicted molar refractivity (Wildman–Crippen MR) is 76.3 cm³/mol. The molecule has 0 fully saturated rings. The molecule has 96 valence electrons. The normalized spacial score (nSPS) is 12.8. The Bertz CT molecular complexity index is 352. The molecule has 1 atom stereocenters. The van der Waals surface area contributed by atoms with Gasteiger partial charge in [-0.15, -0.1) is 0 Å². The summed E-state index contributed by atoms with van der Waals surface area (Å²) >= 11 is 3.55. The largest absolute Gasteiger partial charge is 0.494 e. The van der Waals surface area contributed by atoms with Gasteiger partial charge in [0.2, 0.25) is 0 Å². The van der Waals surface area contributed by atoms with Crippen LogP contribution < -0.4 is 10.5 Å². The monoisotopic (exact) mass is 299 g/mol. The molecular formula is C14H22BrNO. The first-order valence-electron chi connectivity index (χ1n) is 6.22. The molecule has 0 spiro atoms. The van der Waals surface area contributed by atoms with Gasteiger partial charge in [0.25, 0.3) is 0 Å². The number of halogens is 1. The maximum absolute atomic E-state index is 6.21. The van der Waals surface area contributed by atoms with Gasteiger partial charge >= 0.3 is 0 Å². The molecule has 2 nitrogen and oxygen atoms in total. The van der Waals surface area contributed by atoms with Crippen LogP contribution in [0.25, 0.3) is 0 Å². The third-order valence-electron chi connectivity index (χ3n) is 2.57. The highest BCUT2D eigenvalue weighted by atomic mass is 79.9. The van der Waals surface area contributed by atoms with Gasteiger partial charge in [-0.2, -0.15) is 0 Å². The average molecular weight is 300 g/mol. The van der Waals surface area contributed by atoms with E-state index < -0.39 is 0 Å². The lowest BCUT2D eigenvalue weighted by molar-refractivity contribution is 0.316. The minimum atomic E-state index is 0.0644. The summed E-state index contributed by atoms with van der Waals surface area (Å²) in [6.07, 6.45) is 2.00. The molecule has 1 rings (SSSR count). The zero-order valence-corrected chi connectivity index (χ0v) is 12.5. The van der Waals surface area contributed by atoms with Crippen molar-refractivity contribution in [3.05, 3.63) is 28.2 Å². The van der Waals surface area contributed by atoms with Crippen molar-refractivity contribution in [2.75, 3.05) is 6.61 Å². The van der Waals surface area contributed by atoms with E-state index in [4.69, 9.17) is 10.5 Å². The molecule has 0 aliphatic carbocycles. The van der Waals surface area contributed by atoms with Crippen LogP contribution in [0.5, 0.6) is 5.75 Å². The van der Waals surface area contributed by atoms with Crippen LogP contribution in [-0.2, 0) is 0 Å². The van der Waals surface area contributed by atoms with Crippen molar-refractivity contribution in [1.82, 2.24) is 0 Å². The van der Waals surface area contributed by atoms with E-state index >= 15 is 0 Å². The molecular weight excluding hydrogens is 278 g/mol. The Hall–Kier alpha value is -0.540. The van der Waals surface area contributed by atoms with E-state index in [-0.39, 0.29) is 6.04 Å². The predicted octanol–water partition coefficient (Wildman–Crippen LogP) is 4.28. The van der Waals surface area contributed by atoms with Crippen LogP contribution in [0.3, 0.4) is 0 Å². The summed E-state index contributed by atoms with van der Waals surface area (Å²) in [6, 6.07) is 6.10. The Labute approximate surface area is 113 Å². The zero-order valence-electron chi connectivity index (χ0n) is 10.9. The Morgan fingerprint density at radius 2 is 2.06 bits per heavy atom. The summed E-state index contributed by atoms with van der Waals surface area (Å²) in [7, 11) is 0. The van der Waals surface area contributed by atoms with Crippen LogP contribution >= 0.6 is 15.9 Å². The number of ether oxygens (including phenoxy) is 1. The van der Waals surface area contributed by atoms with Gasteiger partial charge in [-0.1, -0.05) is 36.7 Å². The van der Waals surface area contributed by atoms with Crippen LogP contribution in [0.1, 0.15) is 45.2 Å². The summed E-state index contributed by atoms with van der Waals surface area (Å²) in [5.41, 5.74) is 7.34. The Morgan fingerprint density at radius 3 is 2.65 bits per heavy atom. The SMILES string of the molecule is CCCOc1ccc(Br)c(C(N)CC(C)C)c1. The highest BCUT2D eigenvalue weighted by molar-refractivity contribution is 9.10. The quantitative estimate of drug-likeness (QED) is 0.851. The molecule has 0 aliphatic rings. The number of hydrogen-bond donors (Lipinski definition) is 1. The molecule has 0 aliphatic heterocycles. The fourth-order valence-electron chi connectivity index (χ4n) is 1.75. The van der Waals surface area contributed by atoms with Crippen molar-refractivity contribution < 1.29 is 4.74 Å². The van der Waals surface area contributed by atoms with Gasteiger partial charge in [-0.05, 0) is 42.5 Å². The molecule has 0 saturated heterocycles. The van der Waals surface area contributed by atoms with E-state index in [9.17, 15) is 0 Å². The maximum atomic E-state index is 6.21. The molecule has 1 aromatic rings. The number of benzene rings is 1. The summed E-state index contributed by atoms with van der Waals surface area (Å²) in [6.45, 7) is 7.22. The minimum Gasteiger partial charge on any atom is -0.494 e. The molecule has 1 aromatic carbocycles. The van der Waals surface area contributed by atoms with Gasteiger partial charge in [-0.25, -0.2) is 0 Å². The van der Waals surface area contributed by atoms with Gasteiger partial charge in [0.05, 0.1) is 6.61 Å². The first-order chi connectivity index (χ1) is 8.04. The lowest BCUT2D eigenvalue weighted by Gasteiger charge is -2.17. The zero-order chi connectivity index (χ0) is 12.8. The van der Waals surface area contributed by atoms with E-state index in [2.05, 4.69) is 36.7 Å². The second-order valence-electron chi connectivity index (χ2n) is 4.77. The van der Waals surface area contributed by atoms with Gasteiger partial charge in [0.15, 0.2) is 0 Å². The summed E-state index contributed by atoms with van der Waals surface area (Å²) in [5.74, 6) is 1.50. The molecule has 2 N–H and O–H groups in total. The summed E-state index contributed by atoms with van der Waals surface area (Å²) in [4.78, 5) is 0. The van der Waals surface area contributed by atoms with Gasteiger partial charge in [-0.3, -0.25) is 0 Å². The molecule has 0 heterocycles. The molecule has 0 radical (unpaired) electrons. The first kappa shape index (κ1) is 14.5. The molecule has 1 unspecified atom stereocenters. The minimum absolute atomic E-state index is 0.0644. The molecule has 0 saturated carbocycles. The van der Waals surface area contributed by atoms with Gasteiger partial charge in [0, 0.05) is 10.5 Å². The Morgan fingerprint density at radius 1 is 1.35 bits per heavy atom. The highest BCUT2D eigenvalue weighted by Gasteiger charge is 2.12. The van der Waals surface area contributed by atoms with Gasteiger partial charge < -0.3 is 10.5 Å². The van der Waals surface area contributed by atoms with Crippen molar-refractivity contribution >= 4 is 15.9 Å². The van der Waals surface area contributed by atoms with Crippen LogP contribution in [-0.4, -0.2) is 6.61 Å². The van der Waals surface area contributed by atoms with Crippen LogP contribution in [0, 0.1) is 5.92 Å². The third kappa shape index (κ3) is 4.68. The number of nitrogens with two attached hydrogens (primary N) is 1. The lowest BCUT2D eigenvalue weighted by atomic mass is 9.98. The molecule has 0 aromatic heterocycles. The van der Waals surface area contributed by atoms with Crippen molar-refractivity contribution in [3.8, 4) is 5.75 Å². The second-order valence-corrected chi connectivity index (χ2v) is 5.62. The summed E-state index contributed by atoms with van der Waals surface area (Å²) < 4.78 is 6.69. The van der Waals surface area contributed by atoms with Crippen molar-refractivity contribution in [2.45, 2.75) is 39.7 Å². The van der Waals surface area contributed by atoms with E-state index in [0.717, 1.165) is 35.2 Å². The lowest BCUT2D eigenvalue weighted by Crippen LogP contribution is -2.13. The Balaban J connectivity index is 2.81. The second kappa shape index (κ2) is 7.02. The highest BCUT2D eigenvalue weighted by Crippen LogP contribution is 2.29. The average Bonchev–Trinajstić information content (AvgIpc) is 2.27. The van der Waals surface area contributed by atoms with Gasteiger partial charge in [0.1, 0.15) is 5.75 Å². The number of hydrogen-bond acceptors (Lipinski definition) is 2. The fourth-order valence-corrected chi connectivity index (χ4v) is 2.29. The van der Waals surface area contributed by atoms with E-state index in [1.807, 2.05) is 18.2 Å². The first-order valence-corrected chi connectivity index (χ1v) is 7.01. The van der Waals surface area contributed by atoms with Crippen LogP contribution in [0.4, 0.5) is 0 Å². The maximum Gasteiger partial charge on any atom is 0.119 e. The Kier molecular flexibility index (Phi) is 6.00. The topological polar surface area (TPSA) is 35.2 Å².